The molecule has 0 spiro atoms. The van der Waals surface area contributed by atoms with Crippen LogP contribution in [0.3, 0.4) is 0 Å². The highest BCUT2D eigenvalue weighted by Crippen LogP contribution is 2.53. The molecule has 24 heavy (non-hydrogen) atoms. The van der Waals surface area contributed by atoms with Crippen LogP contribution in [0.4, 0.5) is 0 Å². The van der Waals surface area contributed by atoms with Gasteiger partial charge in [-0.2, -0.15) is 0 Å². The van der Waals surface area contributed by atoms with Crippen LogP contribution in [0, 0.1) is 11.8 Å². The van der Waals surface area contributed by atoms with Crippen molar-refractivity contribution >= 4 is 15.9 Å². The minimum atomic E-state index is -0.114. The summed E-state index contributed by atoms with van der Waals surface area (Å²) in [6.07, 6.45) is 2.52. The number of fused-ring (bicyclic) bond motifs is 2. The molecule has 1 aliphatic heterocycles. The van der Waals surface area contributed by atoms with E-state index in [2.05, 4.69) is 75.4 Å². The van der Waals surface area contributed by atoms with E-state index in [0.29, 0.717) is 11.8 Å². The topological polar surface area (TPSA) is 12.5 Å². The lowest BCUT2D eigenvalue weighted by Gasteiger charge is -2.47. The fourth-order valence-electron chi connectivity index (χ4n) is 4.94. The zero-order valence-corrected chi connectivity index (χ0v) is 15.7. The molecule has 1 aliphatic carbocycles. The van der Waals surface area contributed by atoms with Crippen LogP contribution in [0.1, 0.15) is 24.0 Å². The standard InChI is InChI=1S/C21H24BrNO/c1-24-21(17-8-5-9-20(22)12-17)18-10-11-19(21)15-23(14-18)13-16-6-3-2-4-7-16/h2-9,12,18-19H,10-11,13-15H2,1H3. The first kappa shape index (κ1) is 16.3. The van der Waals surface area contributed by atoms with Gasteiger partial charge in [0.05, 0.1) is 0 Å². The van der Waals surface area contributed by atoms with Crippen molar-refractivity contribution in [3.63, 3.8) is 0 Å². The highest BCUT2D eigenvalue weighted by atomic mass is 79.9. The maximum Gasteiger partial charge on any atom is 0.101 e. The van der Waals surface area contributed by atoms with E-state index in [9.17, 15) is 0 Å². The summed E-state index contributed by atoms with van der Waals surface area (Å²) in [4.78, 5) is 2.62. The van der Waals surface area contributed by atoms with Crippen LogP contribution in [0.5, 0.6) is 0 Å². The fourth-order valence-corrected chi connectivity index (χ4v) is 5.34. The van der Waals surface area contributed by atoms with Crippen molar-refractivity contribution in [1.82, 2.24) is 4.90 Å². The van der Waals surface area contributed by atoms with E-state index in [4.69, 9.17) is 4.74 Å². The molecule has 2 aromatic rings. The van der Waals surface area contributed by atoms with Crippen LogP contribution in [0.25, 0.3) is 0 Å². The number of benzene rings is 2. The number of hydrogen-bond donors (Lipinski definition) is 0. The highest BCUT2D eigenvalue weighted by molar-refractivity contribution is 9.10. The number of nitrogens with zero attached hydrogens (tertiary/aromatic N) is 1. The number of halogens is 1. The van der Waals surface area contributed by atoms with Crippen LogP contribution >= 0.6 is 15.9 Å². The maximum absolute atomic E-state index is 6.26. The number of piperidine rings is 1. The first-order valence-corrected chi connectivity index (χ1v) is 9.59. The fraction of sp³-hybridized carbons (Fsp3) is 0.429. The summed E-state index contributed by atoms with van der Waals surface area (Å²) in [5.74, 6) is 1.14. The first-order valence-electron chi connectivity index (χ1n) is 8.80. The molecule has 2 fully saturated rings. The van der Waals surface area contributed by atoms with Crippen LogP contribution in [0.2, 0.25) is 0 Å². The lowest BCUT2D eigenvalue weighted by atomic mass is 9.75. The molecule has 0 amide bonds. The molecule has 0 radical (unpaired) electrons. The van der Waals surface area contributed by atoms with Gasteiger partial charge in [-0.1, -0.05) is 58.4 Å². The Balaban J connectivity index is 1.60. The molecule has 4 rings (SSSR count). The number of rotatable bonds is 4. The van der Waals surface area contributed by atoms with Gasteiger partial charge >= 0.3 is 0 Å². The van der Waals surface area contributed by atoms with E-state index in [-0.39, 0.29) is 5.60 Å². The van der Waals surface area contributed by atoms with E-state index in [1.54, 1.807) is 0 Å². The summed E-state index contributed by atoms with van der Waals surface area (Å²) in [6.45, 7) is 3.28. The van der Waals surface area contributed by atoms with Crippen molar-refractivity contribution in [2.45, 2.75) is 25.0 Å². The van der Waals surface area contributed by atoms with Gasteiger partial charge in [-0.3, -0.25) is 4.90 Å². The minimum Gasteiger partial charge on any atom is -0.373 e. The quantitative estimate of drug-likeness (QED) is 0.746. The van der Waals surface area contributed by atoms with Gasteiger partial charge in [0, 0.05) is 43.1 Å². The Hall–Kier alpha value is -1.16. The Labute approximate surface area is 153 Å². The molecule has 2 atom stereocenters. The van der Waals surface area contributed by atoms with E-state index in [0.717, 1.165) is 24.1 Å². The molecule has 1 saturated carbocycles. The van der Waals surface area contributed by atoms with E-state index in [1.165, 1.54) is 24.0 Å². The minimum absolute atomic E-state index is 0.114. The van der Waals surface area contributed by atoms with Gasteiger partial charge in [-0.15, -0.1) is 0 Å². The molecule has 2 aromatic carbocycles. The summed E-state index contributed by atoms with van der Waals surface area (Å²) >= 11 is 3.63. The maximum atomic E-state index is 6.26. The van der Waals surface area contributed by atoms with E-state index < -0.39 is 0 Å². The predicted octanol–water partition coefficient (Wildman–Crippen LogP) is 4.83. The van der Waals surface area contributed by atoms with Gasteiger partial charge in [0.1, 0.15) is 5.60 Å². The van der Waals surface area contributed by atoms with Gasteiger partial charge in [-0.05, 0) is 36.1 Å². The van der Waals surface area contributed by atoms with Crippen molar-refractivity contribution in [2.75, 3.05) is 20.2 Å². The molecular weight excluding hydrogens is 362 g/mol. The first-order chi connectivity index (χ1) is 11.7. The molecular formula is C21H24BrNO. The molecule has 1 heterocycles. The third-order valence-corrected chi connectivity index (χ3v) is 6.39. The number of methoxy groups -OCH3 is 1. The molecule has 0 N–H and O–H groups in total. The number of hydrogen-bond acceptors (Lipinski definition) is 2. The van der Waals surface area contributed by atoms with Crippen LogP contribution in [-0.2, 0) is 16.9 Å². The lowest BCUT2D eigenvalue weighted by molar-refractivity contribution is -0.120. The number of likely N-dealkylation sites (tertiary alicyclic amines) is 1. The summed E-state index contributed by atoms with van der Waals surface area (Å²) < 4.78 is 7.40. The summed E-state index contributed by atoms with van der Waals surface area (Å²) in [7, 11) is 1.90. The van der Waals surface area contributed by atoms with Gasteiger partial charge in [0.25, 0.3) is 0 Å². The summed E-state index contributed by atoms with van der Waals surface area (Å²) in [5.41, 5.74) is 2.63. The van der Waals surface area contributed by atoms with Crippen molar-refractivity contribution < 1.29 is 4.74 Å². The third-order valence-electron chi connectivity index (χ3n) is 5.90. The van der Waals surface area contributed by atoms with Crippen LogP contribution < -0.4 is 0 Å². The SMILES string of the molecule is COC1(c2cccc(Br)c2)C2CCC1CN(Cc1ccccc1)C2. The molecule has 2 unspecified atom stereocenters. The van der Waals surface area contributed by atoms with E-state index >= 15 is 0 Å². The molecule has 2 nitrogen and oxygen atoms in total. The van der Waals surface area contributed by atoms with Gasteiger partial charge < -0.3 is 4.74 Å². The van der Waals surface area contributed by atoms with E-state index in [1.807, 2.05) is 7.11 Å². The van der Waals surface area contributed by atoms with Gasteiger partial charge in [0.2, 0.25) is 0 Å². The summed E-state index contributed by atoms with van der Waals surface area (Å²) in [6, 6.07) is 19.5. The summed E-state index contributed by atoms with van der Waals surface area (Å²) in [5, 5.41) is 0. The van der Waals surface area contributed by atoms with Crippen molar-refractivity contribution in [3.05, 3.63) is 70.2 Å². The average Bonchev–Trinajstić information content (AvgIpc) is 2.80. The van der Waals surface area contributed by atoms with Gasteiger partial charge in [0.15, 0.2) is 0 Å². The molecule has 0 aromatic heterocycles. The highest BCUT2D eigenvalue weighted by Gasteiger charge is 2.55. The molecule has 3 heteroatoms. The average molecular weight is 386 g/mol. The molecule has 2 aliphatic rings. The largest absolute Gasteiger partial charge is 0.373 e. The molecule has 1 saturated heterocycles. The number of ether oxygens (including phenoxy) is 1. The Morgan fingerprint density at radius 1 is 1.04 bits per heavy atom. The lowest BCUT2D eigenvalue weighted by Crippen LogP contribution is -2.52. The van der Waals surface area contributed by atoms with Gasteiger partial charge in [-0.25, -0.2) is 0 Å². The second-order valence-electron chi connectivity index (χ2n) is 7.16. The van der Waals surface area contributed by atoms with Crippen molar-refractivity contribution in [3.8, 4) is 0 Å². The van der Waals surface area contributed by atoms with Crippen molar-refractivity contribution in [1.29, 1.82) is 0 Å². The second kappa shape index (κ2) is 6.62. The Morgan fingerprint density at radius 2 is 1.75 bits per heavy atom. The zero-order chi connectivity index (χ0) is 16.6. The monoisotopic (exact) mass is 385 g/mol. The Bertz CT molecular complexity index is 688. The third kappa shape index (κ3) is 2.73. The predicted molar refractivity (Wildman–Crippen MR) is 101 cm³/mol. The van der Waals surface area contributed by atoms with Crippen molar-refractivity contribution in [2.24, 2.45) is 11.8 Å². The molecule has 2 bridgehead atoms. The Kier molecular flexibility index (Phi) is 4.50. The zero-order valence-electron chi connectivity index (χ0n) is 14.1. The Morgan fingerprint density at radius 3 is 2.38 bits per heavy atom. The molecule has 126 valence electrons. The normalized spacial score (nSPS) is 29.8. The smallest absolute Gasteiger partial charge is 0.101 e. The van der Waals surface area contributed by atoms with Crippen LogP contribution in [-0.4, -0.2) is 25.1 Å². The second-order valence-corrected chi connectivity index (χ2v) is 8.07. The van der Waals surface area contributed by atoms with Crippen LogP contribution in [0.15, 0.2) is 59.1 Å².